The van der Waals surface area contributed by atoms with Crippen LogP contribution in [-0.4, -0.2) is 39.8 Å². The second kappa shape index (κ2) is 9.86. The number of aromatic nitrogens is 2. The lowest BCUT2D eigenvalue weighted by Crippen LogP contribution is -2.46. The van der Waals surface area contributed by atoms with Gasteiger partial charge >= 0.3 is 12.0 Å². The molecule has 1 aromatic carbocycles. The molecule has 0 unspecified atom stereocenters. The first kappa shape index (κ1) is 22.1. The second-order valence-electron chi connectivity index (χ2n) is 7.15. The van der Waals surface area contributed by atoms with E-state index in [9.17, 15) is 14.4 Å². The van der Waals surface area contributed by atoms with Crippen molar-refractivity contribution < 1.29 is 19.1 Å². The molecule has 0 aliphatic heterocycles. The highest BCUT2D eigenvalue weighted by molar-refractivity contribution is 5.97. The molecule has 29 heavy (non-hydrogen) atoms. The zero-order valence-corrected chi connectivity index (χ0v) is 17.5. The highest BCUT2D eigenvalue weighted by Gasteiger charge is 2.21. The summed E-state index contributed by atoms with van der Waals surface area (Å²) in [7, 11) is 0. The van der Waals surface area contributed by atoms with Gasteiger partial charge in [-0.2, -0.15) is 5.10 Å². The summed E-state index contributed by atoms with van der Waals surface area (Å²) in [5, 5.41) is 9.25. The van der Waals surface area contributed by atoms with E-state index in [0.717, 1.165) is 22.6 Å². The van der Waals surface area contributed by atoms with Crippen molar-refractivity contribution in [3.05, 3.63) is 47.3 Å². The average Bonchev–Trinajstić information content (AvgIpc) is 2.93. The number of amides is 3. The predicted octanol–water partition coefficient (Wildman–Crippen LogP) is 2.59. The Morgan fingerprint density at radius 2 is 1.76 bits per heavy atom. The van der Waals surface area contributed by atoms with Crippen molar-refractivity contribution >= 4 is 17.9 Å². The Hall–Kier alpha value is -3.16. The summed E-state index contributed by atoms with van der Waals surface area (Å²) in [6, 6.07) is 9.03. The molecule has 1 atom stereocenters. The number of para-hydroxylation sites is 1. The number of aryl methyl sites for hydroxylation is 1. The molecule has 0 bridgehead atoms. The van der Waals surface area contributed by atoms with Crippen LogP contribution in [-0.2, 0) is 20.7 Å². The van der Waals surface area contributed by atoms with Gasteiger partial charge in [0.1, 0.15) is 0 Å². The first-order valence-corrected chi connectivity index (χ1v) is 9.60. The molecule has 0 radical (unpaired) electrons. The van der Waals surface area contributed by atoms with Crippen LogP contribution in [0.4, 0.5) is 4.79 Å². The van der Waals surface area contributed by atoms with Gasteiger partial charge < -0.3 is 10.1 Å². The zero-order valence-electron chi connectivity index (χ0n) is 17.5. The van der Waals surface area contributed by atoms with E-state index < -0.39 is 24.0 Å². The molecule has 8 nitrogen and oxygen atoms in total. The Labute approximate surface area is 170 Å². The molecule has 0 spiro atoms. The molecule has 0 fully saturated rings. The van der Waals surface area contributed by atoms with E-state index in [1.807, 2.05) is 48.9 Å². The van der Waals surface area contributed by atoms with Crippen molar-refractivity contribution in [2.24, 2.45) is 0 Å². The molecule has 2 aromatic rings. The monoisotopic (exact) mass is 400 g/mol. The van der Waals surface area contributed by atoms with E-state index >= 15 is 0 Å². The Balaban J connectivity index is 1.92. The van der Waals surface area contributed by atoms with Crippen molar-refractivity contribution in [1.82, 2.24) is 20.4 Å². The minimum Gasteiger partial charge on any atom is -0.453 e. The number of hydrogen-bond donors (Lipinski definition) is 2. The molecule has 8 heteroatoms. The number of nitrogens with zero attached hydrogens (tertiary/aromatic N) is 2. The number of esters is 1. The standard InChI is InChI=1S/C21H28N4O4/c1-13(2)22-21(28)23-20(27)16(5)29-19(26)12-11-18-14(3)24-25(15(18)4)17-9-7-6-8-10-17/h6-10,13,16H,11-12H2,1-5H3,(H2,22,23,27,28)/t16-/m1/s1. The molecule has 156 valence electrons. The number of imide groups is 1. The topological polar surface area (TPSA) is 102 Å². The van der Waals surface area contributed by atoms with Gasteiger partial charge in [-0.1, -0.05) is 18.2 Å². The van der Waals surface area contributed by atoms with Crippen LogP contribution in [0.15, 0.2) is 30.3 Å². The van der Waals surface area contributed by atoms with Crippen molar-refractivity contribution in [2.75, 3.05) is 0 Å². The van der Waals surface area contributed by atoms with E-state index in [4.69, 9.17) is 4.74 Å². The van der Waals surface area contributed by atoms with E-state index in [1.165, 1.54) is 6.92 Å². The number of ether oxygens (including phenoxy) is 1. The number of nitrogens with one attached hydrogen (secondary N) is 2. The third kappa shape index (κ3) is 6.17. The van der Waals surface area contributed by atoms with Crippen molar-refractivity contribution in [2.45, 2.75) is 59.6 Å². The van der Waals surface area contributed by atoms with Gasteiger partial charge in [0, 0.05) is 18.2 Å². The maximum absolute atomic E-state index is 12.2. The summed E-state index contributed by atoms with van der Waals surface area (Å²) < 4.78 is 7.00. The average molecular weight is 400 g/mol. The highest BCUT2D eigenvalue weighted by atomic mass is 16.5. The Morgan fingerprint density at radius 1 is 1.10 bits per heavy atom. The molecule has 2 N–H and O–H groups in total. The summed E-state index contributed by atoms with van der Waals surface area (Å²) in [5.41, 5.74) is 3.72. The summed E-state index contributed by atoms with van der Waals surface area (Å²) in [6.07, 6.45) is -0.502. The van der Waals surface area contributed by atoms with Crippen LogP contribution < -0.4 is 10.6 Å². The predicted molar refractivity (Wildman–Crippen MR) is 109 cm³/mol. The van der Waals surface area contributed by atoms with Crippen LogP contribution in [0.5, 0.6) is 0 Å². The van der Waals surface area contributed by atoms with Crippen LogP contribution >= 0.6 is 0 Å². The number of benzene rings is 1. The first-order valence-electron chi connectivity index (χ1n) is 9.60. The maximum Gasteiger partial charge on any atom is 0.321 e. The number of carbonyl (C=O) groups excluding carboxylic acids is 3. The Morgan fingerprint density at radius 3 is 2.38 bits per heavy atom. The normalized spacial score (nSPS) is 11.8. The summed E-state index contributed by atoms with van der Waals surface area (Å²) in [5.74, 6) is -1.18. The van der Waals surface area contributed by atoms with Crippen LogP contribution in [0, 0.1) is 13.8 Å². The lowest BCUT2D eigenvalue weighted by atomic mass is 10.1. The maximum atomic E-state index is 12.2. The Bertz CT molecular complexity index is 874. The number of hydrogen-bond acceptors (Lipinski definition) is 5. The fourth-order valence-corrected chi connectivity index (χ4v) is 2.91. The van der Waals surface area contributed by atoms with E-state index in [2.05, 4.69) is 15.7 Å². The fraction of sp³-hybridized carbons (Fsp3) is 0.429. The van der Waals surface area contributed by atoms with Crippen LogP contribution in [0.1, 0.15) is 44.1 Å². The van der Waals surface area contributed by atoms with Gasteiger partial charge in [-0.3, -0.25) is 14.9 Å². The van der Waals surface area contributed by atoms with E-state index in [1.54, 1.807) is 13.8 Å². The lowest BCUT2D eigenvalue weighted by Gasteiger charge is -2.14. The first-order chi connectivity index (χ1) is 13.7. The van der Waals surface area contributed by atoms with Gasteiger partial charge in [-0.15, -0.1) is 0 Å². The molecule has 0 aliphatic carbocycles. The molecule has 2 rings (SSSR count). The summed E-state index contributed by atoms with van der Waals surface area (Å²) >= 11 is 0. The minimum atomic E-state index is -1.06. The molecule has 3 amide bonds. The molecular formula is C21H28N4O4. The number of urea groups is 1. The summed E-state index contributed by atoms with van der Waals surface area (Å²) in [4.78, 5) is 35.7. The van der Waals surface area contributed by atoms with Crippen molar-refractivity contribution in [3.8, 4) is 5.69 Å². The SMILES string of the molecule is Cc1nn(-c2ccccc2)c(C)c1CCC(=O)O[C@H](C)C(=O)NC(=O)NC(C)C. The zero-order chi connectivity index (χ0) is 21.6. The van der Waals surface area contributed by atoms with Gasteiger partial charge in [0.25, 0.3) is 5.91 Å². The minimum absolute atomic E-state index is 0.107. The van der Waals surface area contributed by atoms with E-state index in [-0.39, 0.29) is 12.5 Å². The molecule has 0 aliphatic rings. The largest absolute Gasteiger partial charge is 0.453 e. The third-order valence-electron chi connectivity index (χ3n) is 4.36. The quantitative estimate of drug-likeness (QED) is 0.696. The fourth-order valence-electron chi connectivity index (χ4n) is 2.91. The van der Waals surface area contributed by atoms with Crippen molar-refractivity contribution in [3.63, 3.8) is 0 Å². The van der Waals surface area contributed by atoms with Gasteiger partial charge in [0.2, 0.25) is 0 Å². The number of carbonyl (C=O) groups is 3. The molecule has 1 heterocycles. The van der Waals surface area contributed by atoms with Crippen molar-refractivity contribution in [1.29, 1.82) is 0 Å². The smallest absolute Gasteiger partial charge is 0.321 e. The van der Waals surface area contributed by atoms with Gasteiger partial charge in [-0.25, -0.2) is 9.48 Å². The van der Waals surface area contributed by atoms with Crippen LogP contribution in [0.2, 0.25) is 0 Å². The molecule has 0 saturated carbocycles. The van der Waals surface area contributed by atoms with E-state index in [0.29, 0.717) is 6.42 Å². The van der Waals surface area contributed by atoms with Crippen LogP contribution in [0.3, 0.4) is 0 Å². The lowest BCUT2D eigenvalue weighted by molar-refractivity contribution is -0.154. The Kier molecular flexibility index (Phi) is 7.52. The molecule has 1 aromatic heterocycles. The van der Waals surface area contributed by atoms with Crippen LogP contribution in [0.25, 0.3) is 5.69 Å². The van der Waals surface area contributed by atoms with Gasteiger partial charge in [0.15, 0.2) is 6.10 Å². The summed E-state index contributed by atoms with van der Waals surface area (Å²) in [6.45, 7) is 8.84. The third-order valence-corrected chi connectivity index (χ3v) is 4.36. The highest BCUT2D eigenvalue weighted by Crippen LogP contribution is 2.19. The van der Waals surface area contributed by atoms with Gasteiger partial charge in [-0.05, 0) is 58.7 Å². The molecular weight excluding hydrogens is 372 g/mol. The number of rotatable bonds is 7. The second-order valence-corrected chi connectivity index (χ2v) is 7.15. The van der Waals surface area contributed by atoms with Gasteiger partial charge in [0.05, 0.1) is 11.4 Å². The molecule has 0 saturated heterocycles.